The largest absolute Gasteiger partial charge is 0.507 e. The van der Waals surface area contributed by atoms with Crippen LogP contribution in [0, 0.1) is 0 Å². The van der Waals surface area contributed by atoms with Crippen LogP contribution in [0.25, 0.3) is 11.3 Å². The molecule has 1 aliphatic carbocycles. The second-order valence-corrected chi connectivity index (χ2v) is 10.7. The number of carbonyl (C=O) groups excluding carboxylic acids is 2. The fraction of sp³-hybridized carbons (Fsp3) is 0.222. The van der Waals surface area contributed by atoms with Gasteiger partial charge in [-0.3, -0.25) is 4.79 Å². The number of hydrogen-bond acceptors (Lipinski definition) is 5. The summed E-state index contributed by atoms with van der Waals surface area (Å²) in [7, 11) is 0. The summed E-state index contributed by atoms with van der Waals surface area (Å²) in [5.41, 5.74) is 3.01. The van der Waals surface area contributed by atoms with Crippen LogP contribution in [0.5, 0.6) is 5.75 Å². The topological polar surface area (TPSA) is 96.2 Å². The van der Waals surface area contributed by atoms with E-state index in [0.29, 0.717) is 31.9 Å². The lowest BCUT2D eigenvalue weighted by Gasteiger charge is -2.12. The van der Waals surface area contributed by atoms with Gasteiger partial charge in [0.15, 0.2) is 0 Å². The standard InChI is InChI=1S/C27H24Cl2N4O3S/c28-20-9-7-16(12-21(20)29)15-30-27(36)33-23(17-4-1-2-5-17)14-22(32-33)19-13-18(8-10-24(19)34)31-26(35)25-6-3-11-37-25/h3,6-14,17,34H,1-2,4-5,15H2,(H,30,36)(H,31,35). The molecule has 190 valence electrons. The Labute approximate surface area is 228 Å². The minimum absolute atomic E-state index is 0.00737. The first-order valence-electron chi connectivity index (χ1n) is 11.9. The van der Waals surface area contributed by atoms with E-state index < -0.39 is 0 Å². The molecule has 0 aliphatic heterocycles. The maximum absolute atomic E-state index is 13.2. The van der Waals surface area contributed by atoms with Gasteiger partial charge in [-0.05, 0) is 66.2 Å². The van der Waals surface area contributed by atoms with Gasteiger partial charge in [0.25, 0.3) is 5.91 Å². The van der Waals surface area contributed by atoms with E-state index in [9.17, 15) is 14.7 Å². The minimum atomic E-state index is -0.374. The summed E-state index contributed by atoms with van der Waals surface area (Å²) in [6, 6.07) is 15.0. The van der Waals surface area contributed by atoms with Crippen LogP contribution in [-0.2, 0) is 6.54 Å². The molecule has 0 bridgehead atoms. The Kier molecular flexibility index (Phi) is 7.50. The third-order valence-electron chi connectivity index (χ3n) is 6.41. The number of rotatable bonds is 6. The summed E-state index contributed by atoms with van der Waals surface area (Å²) in [6.07, 6.45) is 4.11. The smallest absolute Gasteiger partial charge is 0.342 e. The number of nitrogens with zero attached hydrogens (tertiary/aromatic N) is 2. The highest BCUT2D eigenvalue weighted by atomic mass is 35.5. The van der Waals surface area contributed by atoms with E-state index >= 15 is 0 Å². The summed E-state index contributed by atoms with van der Waals surface area (Å²) >= 11 is 13.4. The molecule has 7 nitrogen and oxygen atoms in total. The van der Waals surface area contributed by atoms with E-state index in [-0.39, 0.29) is 30.2 Å². The number of phenols is 1. The summed E-state index contributed by atoms with van der Waals surface area (Å²) in [5, 5.41) is 23.7. The molecule has 0 unspecified atom stereocenters. The maximum atomic E-state index is 13.2. The predicted octanol–water partition coefficient (Wildman–Crippen LogP) is 7.29. The van der Waals surface area contributed by atoms with E-state index in [1.807, 2.05) is 17.5 Å². The molecule has 2 aromatic carbocycles. The van der Waals surface area contributed by atoms with Crippen molar-refractivity contribution in [3.8, 4) is 17.0 Å². The summed E-state index contributed by atoms with van der Waals surface area (Å²) in [6.45, 7) is 0.254. The number of aromatic hydroxyl groups is 1. The van der Waals surface area contributed by atoms with Crippen LogP contribution in [0.1, 0.15) is 52.5 Å². The van der Waals surface area contributed by atoms with Crippen molar-refractivity contribution in [2.24, 2.45) is 0 Å². The normalized spacial score (nSPS) is 13.6. The first-order valence-corrected chi connectivity index (χ1v) is 13.5. The molecule has 4 aromatic rings. The van der Waals surface area contributed by atoms with Crippen LogP contribution in [-0.4, -0.2) is 26.8 Å². The van der Waals surface area contributed by atoms with Crippen molar-refractivity contribution in [1.29, 1.82) is 0 Å². The lowest BCUT2D eigenvalue weighted by Crippen LogP contribution is -2.30. The van der Waals surface area contributed by atoms with Crippen LogP contribution < -0.4 is 10.6 Å². The molecule has 3 N–H and O–H groups in total. The monoisotopic (exact) mass is 554 g/mol. The third-order valence-corrected chi connectivity index (χ3v) is 8.01. The van der Waals surface area contributed by atoms with E-state index in [4.69, 9.17) is 23.2 Å². The van der Waals surface area contributed by atoms with Gasteiger partial charge in [-0.1, -0.05) is 48.2 Å². The molecule has 37 heavy (non-hydrogen) atoms. The highest BCUT2D eigenvalue weighted by Crippen LogP contribution is 2.38. The average molecular weight is 555 g/mol. The van der Waals surface area contributed by atoms with Gasteiger partial charge >= 0.3 is 6.03 Å². The van der Waals surface area contributed by atoms with Crippen molar-refractivity contribution in [2.75, 3.05) is 5.32 Å². The molecule has 2 aromatic heterocycles. The number of hydrogen-bond donors (Lipinski definition) is 3. The fourth-order valence-corrected chi connectivity index (χ4v) is 5.46. The molecule has 1 aliphatic rings. The van der Waals surface area contributed by atoms with Gasteiger partial charge in [0.05, 0.1) is 26.3 Å². The molecule has 2 heterocycles. The summed E-state index contributed by atoms with van der Waals surface area (Å²) < 4.78 is 1.39. The average Bonchev–Trinajstić information content (AvgIpc) is 3.67. The first kappa shape index (κ1) is 25.3. The Bertz CT molecular complexity index is 1450. The van der Waals surface area contributed by atoms with Crippen LogP contribution in [0.4, 0.5) is 10.5 Å². The van der Waals surface area contributed by atoms with Gasteiger partial charge in [-0.2, -0.15) is 9.78 Å². The van der Waals surface area contributed by atoms with E-state index in [1.54, 1.807) is 36.4 Å². The second-order valence-electron chi connectivity index (χ2n) is 8.92. The molecule has 0 spiro atoms. The number of thiophene rings is 1. The Morgan fingerprint density at radius 1 is 1.05 bits per heavy atom. The van der Waals surface area contributed by atoms with Crippen molar-refractivity contribution in [1.82, 2.24) is 15.1 Å². The number of anilines is 1. The van der Waals surface area contributed by atoms with E-state index in [1.165, 1.54) is 22.1 Å². The number of carbonyl (C=O) groups is 2. The second kappa shape index (κ2) is 11.0. The molecule has 0 atom stereocenters. The SMILES string of the molecule is O=C(Nc1ccc(O)c(-c2cc(C3CCCC3)n(C(=O)NCc3ccc(Cl)c(Cl)c3)n2)c1)c1cccs1. The molecule has 1 fully saturated rings. The van der Waals surface area contributed by atoms with Gasteiger partial charge in [0.2, 0.25) is 0 Å². The molecular formula is C27H24Cl2N4O3S. The number of amides is 2. The molecular weight excluding hydrogens is 531 g/mol. The fourth-order valence-electron chi connectivity index (χ4n) is 4.52. The van der Waals surface area contributed by atoms with Gasteiger partial charge < -0.3 is 15.7 Å². The third kappa shape index (κ3) is 5.66. The Morgan fingerprint density at radius 3 is 2.59 bits per heavy atom. The molecule has 5 rings (SSSR count). The zero-order valence-corrected chi connectivity index (χ0v) is 22.0. The highest BCUT2D eigenvalue weighted by Gasteiger charge is 2.26. The van der Waals surface area contributed by atoms with Gasteiger partial charge in [0.1, 0.15) is 5.75 Å². The van der Waals surface area contributed by atoms with Crippen molar-refractivity contribution in [3.05, 3.63) is 86.2 Å². The zero-order chi connectivity index (χ0) is 25.9. The molecule has 0 radical (unpaired) electrons. The van der Waals surface area contributed by atoms with Crippen molar-refractivity contribution < 1.29 is 14.7 Å². The van der Waals surface area contributed by atoms with Gasteiger partial charge in [-0.15, -0.1) is 11.3 Å². The van der Waals surface area contributed by atoms with E-state index in [0.717, 1.165) is 36.9 Å². The minimum Gasteiger partial charge on any atom is -0.507 e. The number of phenolic OH excluding ortho intramolecular Hbond substituents is 1. The van der Waals surface area contributed by atoms with Crippen molar-refractivity contribution >= 4 is 52.2 Å². The molecule has 10 heteroatoms. The highest BCUT2D eigenvalue weighted by molar-refractivity contribution is 7.12. The Morgan fingerprint density at radius 2 is 1.86 bits per heavy atom. The predicted molar refractivity (Wildman–Crippen MR) is 147 cm³/mol. The molecule has 2 amide bonds. The molecule has 0 saturated heterocycles. The number of halogens is 2. The lowest BCUT2D eigenvalue weighted by atomic mass is 10.0. The van der Waals surface area contributed by atoms with Crippen LogP contribution in [0.2, 0.25) is 10.0 Å². The van der Waals surface area contributed by atoms with Crippen LogP contribution in [0.15, 0.2) is 60.0 Å². The van der Waals surface area contributed by atoms with Crippen LogP contribution in [0.3, 0.4) is 0 Å². The lowest BCUT2D eigenvalue weighted by molar-refractivity contribution is 0.103. The van der Waals surface area contributed by atoms with E-state index in [2.05, 4.69) is 15.7 Å². The first-order chi connectivity index (χ1) is 17.9. The van der Waals surface area contributed by atoms with Crippen LogP contribution >= 0.6 is 34.5 Å². The van der Waals surface area contributed by atoms with Gasteiger partial charge in [0, 0.05) is 23.7 Å². The van der Waals surface area contributed by atoms with Crippen molar-refractivity contribution in [2.45, 2.75) is 38.1 Å². The zero-order valence-electron chi connectivity index (χ0n) is 19.7. The number of aromatic nitrogens is 2. The maximum Gasteiger partial charge on any atom is 0.342 e. The molecule has 1 saturated carbocycles. The Hall–Kier alpha value is -3.33. The Balaban J connectivity index is 1.42. The number of benzene rings is 2. The van der Waals surface area contributed by atoms with Crippen molar-refractivity contribution in [3.63, 3.8) is 0 Å². The number of nitrogens with one attached hydrogen (secondary N) is 2. The quantitative estimate of drug-likeness (QED) is 0.218. The summed E-state index contributed by atoms with van der Waals surface area (Å²) in [4.78, 5) is 26.3. The summed E-state index contributed by atoms with van der Waals surface area (Å²) in [5.74, 6) is -0.0284. The van der Waals surface area contributed by atoms with Gasteiger partial charge in [-0.25, -0.2) is 4.79 Å².